The van der Waals surface area contributed by atoms with Crippen LogP contribution in [0.1, 0.15) is 17.2 Å². The van der Waals surface area contributed by atoms with Crippen molar-refractivity contribution in [2.75, 3.05) is 0 Å². The number of pyridine rings is 1. The number of aromatic nitrogens is 1. The molecule has 21 heavy (non-hydrogen) atoms. The van der Waals surface area contributed by atoms with Crippen LogP contribution in [0.4, 0.5) is 18.9 Å². The van der Waals surface area contributed by atoms with Gasteiger partial charge in [-0.2, -0.15) is 13.2 Å². The van der Waals surface area contributed by atoms with Gasteiger partial charge < -0.3 is 5.73 Å². The Labute approximate surface area is 120 Å². The van der Waals surface area contributed by atoms with E-state index in [1.807, 2.05) is 0 Å². The zero-order chi connectivity index (χ0) is 15.6. The van der Waals surface area contributed by atoms with Crippen LogP contribution in [0.25, 0.3) is 16.0 Å². The standard InChI is InChI=1S/C15H12F3N3/c1-9-5-10(3-4-13(9)20-2)11-6-12(8-21-7-11)14(19)15(16,17)18/h3-8,14H,19H2,1H3. The van der Waals surface area contributed by atoms with Gasteiger partial charge in [0.1, 0.15) is 6.04 Å². The zero-order valence-corrected chi connectivity index (χ0v) is 11.1. The predicted octanol–water partition coefficient (Wildman–Crippen LogP) is 4.17. The van der Waals surface area contributed by atoms with E-state index in [4.69, 9.17) is 12.3 Å². The van der Waals surface area contributed by atoms with Gasteiger partial charge in [-0.3, -0.25) is 4.98 Å². The molecule has 0 radical (unpaired) electrons. The molecule has 1 unspecified atom stereocenters. The van der Waals surface area contributed by atoms with Crippen molar-refractivity contribution in [3.05, 3.63) is 59.2 Å². The lowest BCUT2D eigenvalue weighted by molar-refractivity contribution is -0.149. The van der Waals surface area contributed by atoms with Crippen molar-refractivity contribution >= 4 is 5.69 Å². The first-order valence-electron chi connectivity index (χ1n) is 6.08. The first-order chi connectivity index (χ1) is 9.82. The molecule has 108 valence electrons. The number of hydrogen-bond acceptors (Lipinski definition) is 2. The molecule has 0 amide bonds. The maximum Gasteiger partial charge on any atom is 0.407 e. The highest BCUT2D eigenvalue weighted by molar-refractivity contribution is 5.68. The number of nitrogens with zero attached hydrogens (tertiary/aromatic N) is 2. The van der Waals surface area contributed by atoms with E-state index in [1.54, 1.807) is 25.1 Å². The monoisotopic (exact) mass is 291 g/mol. The second-order valence-corrected chi connectivity index (χ2v) is 4.64. The molecular formula is C15H12F3N3. The van der Waals surface area contributed by atoms with E-state index in [2.05, 4.69) is 9.83 Å². The van der Waals surface area contributed by atoms with E-state index in [9.17, 15) is 13.2 Å². The van der Waals surface area contributed by atoms with Gasteiger partial charge in [0.05, 0.1) is 6.57 Å². The van der Waals surface area contributed by atoms with Crippen molar-refractivity contribution in [3.8, 4) is 11.1 Å². The second-order valence-electron chi connectivity index (χ2n) is 4.64. The molecular weight excluding hydrogens is 279 g/mol. The molecule has 6 heteroatoms. The SMILES string of the molecule is [C-]#[N+]c1ccc(-c2cncc(C(N)C(F)(F)F)c2)cc1C. The molecule has 0 aliphatic rings. The second kappa shape index (κ2) is 5.54. The molecule has 0 aliphatic heterocycles. The van der Waals surface area contributed by atoms with Gasteiger partial charge in [-0.25, -0.2) is 4.85 Å². The van der Waals surface area contributed by atoms with E-state index in [0.29, 0.717) is 16.8 Å². The summed E-state index contributed by atoms with van der Waals surface area (Å²) in [5.41, 5.74) is 7.60. The molecule has 2 N–H and O–H groups in total. The molecule has 1 heterocycles. The highest BCUT2D eigenvalue weighted by atomic mass is 19.4. The van der Waals surface area contributed by atoms with Crippen LogP contribution in [0.15, 0.2) is 36.7 Å². The molecule has 0 spiro atoms. The number of benzene rings is 1. The van der Waals surface area contributed by atoms with Gasteiger partial charge in [0.15, 0.2) is 5.69 Å². The summed E-state index contributed by atoms with van der Waals surface area (Å²) < 4.78 is 37.9. The Balaban J connectivity index is 2.43. The van der Waals surface area contributed by atoms with E-state index in [0.717, 1.165) is 11.8 Å². The summed E-state index contributed by atoms with van der Waals surface area (Å²) in [6.07, 6.45) is -1.93. The Morgan fingerprint density at radius 2 is 1.90 bits per heavy atom. The maximum atomic E-state index is 12.6. The largest absolute Gasteiger partial charge is 0.407 e. The van der Waals surface area contributed by atoms with E-state index in [1.165, 1.54) is 12.3 Å². The fraction of sp³-hybridized carbons (Fsp3) is 0.200. The van der Waals surface area contributed by atoms with Crippen LogP contribution >= 0.6 is 0 Å². The first kappa shape index (κ1) is 15.0. The average molecular weight is 291 g/mol. The lowest BCUT2D eigenvalue weighted by Gasteiger charge is -2.16. The van der Waals surface area contributed by atoms with Crippen molar-refractivity contribution in [1.29, 1.82) is 0 Å². The van der Waals surface area contributed by atoms with E-state index < -0.39 is 12.2 Å². The van der Waals surface area contributed by atoms with E-state index >= 15 is 0 Å². The minimum atomic E-state index is -4.51. The number of nitrogens with two attached hydrogens (primary N) is 1. The van der Waals surface area contributed by atoms with Gasteiger partial charge in [0.2, 0.25) is 0 Å². The van der Waals surface area contributed by atoms with Gasteiger partial charge in [-0.1, -0.05) is 18.2 Å². The molecule has 1 atom stereocenters. The molecule has 0 aliphatic carbocycles. The zero-order valence-electron chi connectivity index (χ0n) is 11.1. The lowest BCUT2D eigenvalue weighted by Crippen LogP contribution is -2.28. The summed E-state index contributed by atoms with van der Waals surface area (Å²) in [7, 11) is 0. The number of aryl methyl sites for hydroxylation is 1. The minimum absolute atomic E-state index is 0.0908. The van der Waals surface area contributed by atoms with Crippen molar-refractivity contribution in [2.24, 2.45) is 5.73 Å². The van der Waals surface area contributed by atoms with Crippen LogP contribution in [0, 0.1) is 13.5 Å². The van der Waals surface area contributed by atoms with Gasteiger partial charge in [0, 0.05) is 18.0 Å². The van der Waals surface area contributed by atoms with Gasteiger partial charge in [0.25, 0.3) is 0 Å². The first-order valence-corrected chi connectivity index (χ1v) is 6.08. The number of halogens is 3. The predicted molar refractivity (Wildman–Crippen MR) is 73.7 cm³/mol. The van der Waals surface area contributed by atoms with Crippen LogP contribution in [-0.2, 0) is 0 Å². The van der Waals surface area contributed by atoms with Crippen molar-refractivity contribution in [2.45, 2.75) is 19.1 Å². The topological polar surface area (TPSA) is 43.3 Å². The summed E-state index contributed by atoms with van der Waals surface area (Å²) >= 11 is 0. The summed E-state index contributed by atoms with van der Waals surface area (Å²) in [6.45, 7) is 8.76. The number of hydrogen-bond donors (Lipinski definition) is 1. The van der Waals surface area contributed by atoms with Gasteiger partial charge >= 0.3 is 6.18 Å². The van der Waals surface area contributed by atoms with Crippen molar-refractivity contribution in [1.82, 2.24) is 4.98 Å². The summed E-state index contributed by atoms with van der Waals surface area (Å²) in [5.74, 6) is 0. The van der Waals surface area contributed by atoms with E-state index in [-0.39, 0.29) is 5.56 Å². The molecule has 1 aromatic carbocycles. The molecule has 2 aromatic rings. The quantitative estimate of drug-likeness (QED) is 0.844. The third-order valence-corrected chi connectivity index (χ3v) is 3.12. The fourth-order valence-electron chi connectivity index (χ4n) is 1.94. The molecule has 0 saturated heterocycles. The Morgan fingerprint density at radius 3 is 2.48 bits per heavy atom. The molecule has 1 aromatic heterocycles. The third-order valence-electron chi connectivity index (χ3n) is 3.12. The molecule has 3 nitrogen and oxygen atoms in total. The number of alkyl halides is 3. The summed E-state index contributed by atoms with van der Waals surface area (Å²) in [5, 5.41) is 0. The molecule has 0 fully saturated rings. The molecule has 0 bridgehead atoms. The minimum Gasteiger partial charge on any atom is -0.316 e. The maximum absolute atomic E-state index is 12.6. The highest BCUT2D eigenvalue weighted by Gasteiger charge is 2.38. The van der Waals surface area contributed by atoms with Crippen molar-refractivity contribution in [3.63, 3.8) is 0 Å². The Morgan fingerprint density at radius 1 is 1.19 bits per heavy atom. The smallest absolute Gasteiger partial charge is 0.316 e. The summed E-state index contributed by atoms with van der Waals surface area (Å²) in [6, 6.07) is 4.37. The van der Waals surface area contributed by atoms with Crippen molar-refractivity contribution < 1.29 is 13.2 Å². The average Bonchev–Trinajstić information content (AvgIpc) is 2.45. The molecule has 2 rings (SSSR count). The van der Waals surface area contributed by atoms with Gasteiger partial charge in [-0.05, 0) is 29.7 Å². The van der Waals surface area contributed by atoms with Crippen LogP contribution in [0.5, 0.6) is 0 Å². The Hall–Kier alpha value is -2.39. The normalized spacial score (nSPS) is 12.8. The van der Waals surface area contributed by atoms with Gasteiger partial charge in [-0.15, -0.1) is 0 Å². The summed E-state index contributed by atoms with van der Waals surface area (Å²) in [4.78, 5) is 7.18. The Kier molecular flexibility index (Phi) is 3.96. The lowest BCUT2D eigenvalue weighted by atomic mass is 10.0. The third kappa shape index (κ3) is 3.20. The van der Waals surface area contributed by atoms with Crippen LogP contribution in [0.3, 0.4) is 0 Å². The molecule has 0 saturated carbocycles. The highest BCUT2D eigenvalue weighted by Crippen LogP contribution is 2.32. The van der Waals surface area contributed by atoms with Crippen LogP contribution in [-0.4, -0.2) is 11.2 Å². The van der Waals surface area contributed by atoms with Crippen LogP contribution in [0.2, 0.25) is 0 Å². The Bertz CT molecular complexity index is 702. The van der Waals surface area contributed by atoms with Crippen LogP contribution < -0.4 is 5.73 Å². The fourth-order valence-corrected chi connectivity index (χ4v) is 1.94. The number of rotatable bonds is 2.